The maximum absolute atomic E-state index is 11.0. The van der Waals surface area contributed by atoms with E-state index in [0.717, 1.165) is 36.6 Å². The van der Waals surface area contributed by atoms with Gasteiger partial charge >= 0.3 is 0 Å². The Labute approximate surface area is 160 Å². The Kier molecular flexibility index (Phi) is 3.84. The zero-order valence-corrected chi connectivity index (χ0v) is 16.2. The molecule has 1 spiro atoms. The van der Waals surface area contributed by atoms with Gasteiger partial charge in [-0.15, -0.1) is 11.3 Å². The third kappa shape index (κ3) is 2.49. The summed E-state index contributed by atoms with van der Waals surface area (Å²) >= 11 is 1.81. The Hall–Kier alpha value is -1.83. The molecule has 1 saturated carbocycles. The van der Waals surface area contributed by atoms with Crippen LogP contribution in [-0.4, -0.2) is 44.7 Å². The fraction of sp³-hybridized carbons (Fsp3) is 0.368. The van der Waals surface area contributed by atoms with E-state index in [1.54, 1.807) is 17.7 Å². The largest absolute Gasteiger partial charge is 0.355 e. The van der Waals surface area contributed by atoms with Crippen LogP contribution in [0, 0.1) is 5.41 Å². The normalized spacial score (nSPS) is 19.1. The van der Waals surface area contributed by atoms with Gasteiger partial charge in [-0.25, -0.2) is 18.5 Å². The minimum atomic E-state index is 0.128. The molecule has 3 heterocycles. The molecule has 0 atom stereocenters. The third-order valence-corrected chi connectivity index (χ3v) is 7.25. The van der Waals surface area contributed by atoms with Crippen molar-refractivity contribution in [3.05, 3.63) is 42.0 Å². The fourth-order valence-electron chi connectivity index (χ4n) is 4.37. The number of hydrogen-bond donors (Lipinski definition) is 1. The molecule has 2 aromatic heterocycles. The van der Waals surface area contributed by atoms with E-state index in [2.05, 4.69) is 44.5 Å². The van der Waals surface area contributed by atoms with Gasteiger partial charge in [0.1, 0.15) is 17.0 Å². The number of anilines is 1. The van der Waals surface area contributed by atoms with E-state index in [1.807, 2.05) is 17.4 Å². The van der Waals surface area contributed by atoms with E-state index >= 15 is 0 Å². The number of fused-ring (bicyclic) bond motifs is 1. The molecule has 7 heteroatoms. The molecule has 0 unspecified atom stereocenters. The van der Waals surface area contributed by atoms with Gasteiger partial charge in [0.15, 0.2) is 0 Å². The molecule has 5 rings (SSSR count). The van der Waals surface area contributed by atoms with Gasteiger partial charge in [-0.1, -0.05) is 30.3 Å². The van der Waals surface area contributed by atoms with E-state index < -0.39 is 0 Å². The lowest BCUT2D eigenvalue weighted by atomic mass is 9.60. The molecule has 1 saturated heterocycles. The van der Waals surface area contributed by atoms with Crippen LogP contribution in [-0.2, 0) is 11.9 Å². The monoisotopic (exact) mass is 384 g/mol. The van der Waals surface area contributed by atoms with Gasteiger partial charge in [0.05, 0.1) is 17.2 Å². The van der Waals surface area contributed by atoms with Crippen molar-refractivity contribution in [3.8, 4) is 11.1 Å². The SMILES string of the molecule is CN([SH]=O)C1CC2(C1)CN(c1ncnc3scc(-c4ccccc4)c13)C2. The predicted octanol–water partition coefficient (Wildman–Crippen LogP) is 3.12. The quantitative estimate of drug-likeness (QED) is 0.702. The Bertz CT molecular complexity index is 960. The highest BCUT2D eigenvalue weighted by Crippen LogP contribution is 2.52. The zero-order valence-electron chi connectivity index (χ0n) is 14.5. The summed E-state index contributed by atoms with van der Waals surface area (Å²) in [5.41, 5.74) is 2.81. The zero-order chi connectivity index (χ0) is 17.7. The Balaban J connectivity index is 1.43. The van der Waals surface area contributed by atoms with Crippen molar-refractivity contribution in [2.45, 2.75) is 18.9 Å². The lowest BCUT2D eigenvalue weighted by molar-refractivity contribution is 0.0233. The Morgan fingerprint density at radius 1 is 1.23 bits per heavy atom. The van der Waals surface area contributed by atoms with Crippen molar-refractivity contribution in [1.82, 2.24) is 14.3 Å². The van der Waals surface area contributed by atoms with Crippen molar-refractivity contribution in [2.24, 2.45) is 5.41 Å². The first-order valence-electron chi connectivity index (χ1n) is 8.78. The molecule has 3 aromatic rings. The Morgan fingerprint density at radius 3 is 2.73 bits per heavy atom. The van der Waals surface area contributed by atoms with Gasteiger partial charge in [-0.3, -0.25) is 0 Å². The van der Waals surface area contributed by atoms with Gasteiger partial charge in [-0.05, 0) is 25.5 Å². The summed E-state index contributed by atoms with van der Waals surface area (Å²) in [6, 6.07) is 10.9. The molecule has 26 heavy (non-hydrogen) atoms. The molecule has 1 aromatic carbocycles. The first-order chi connectivity index (χ1) is 12.7. The number of hydrogen-bond acceptors (Lipinski definition) is 5. The lowest BCUT2D eigenvalue weighted by Gasteiger charge is -2.60. The summed E-state index contributed by atoms with van der Waals surface area (Å²) in [4.78, 5) is 12.6. The number of aromatic nitrogens is 2. The van der Waals surface area contributed by atoms with Crippen LogP contribution < -0.4 is 4.90 Å². The summed E-state index contributed by atoms with van der Waals surface area (Å²) in [5.74, 6) is 1.06. The minimum absolute atomic E-state index is 0.128. The Morgan fingerprint density at radius 2 is 2.00 bits per heavy atom. The van der Waals surface area contributed by atoms with Gasteiger partial charge in [0, 0.05) is 35.5 Å². The number of thiophene rings is 1. The molecule has 2 fully saturated rings. The highest BCUT2D eigenvalue weighted by atomic mass is 32.2. The summed E-state index contributed by atoms with van der Waals surface area (Å²) in [7, 11) is 1.92. The van der Waals surface area contributed by atoms with Crippen LogP contribution in [0.3, 0.4) is 0 Å². The van der Waals surface area contributed by atoms with Crippen molar-refractivity contribution >= 4 is 39.2 Å². The lowest BCUT2D eigenvalue weighted by Crippen LogP contribution is -2.66. The second-order valence-electron chi connectivity index (χ2n) is 7.47. The molecule has 0 radical (unpaired) electrons. The minimum Gasteiger partial charge on any atom is -0.355 e. The second-order valence-corrected chi connectivity index (χ2v) is 9.12. The van der Waals surface area contributed by atoms with Gasteiger partial charge in [0.2, 0.25) is 0 Å². The smallest absolute Gasteiger partial charge is 0.141 e. The summed E-state index contributed by atoms with van der Waals surface area (Å²) in [5, 5.41) is 3.36. The average Bonchev–Trinajstić information content (AvgIpc) is 3.04. The molecule has 2 aliphatic rings. The van der Waals surface area contributed by atoms with Crippen LogP contribution in [0.4, 0.5) is 5.82 Å². The van der Waals surface area contributed by atoms with E-state index in [0.29, 0.717) is 11.5 Å². The molecule has 0 amide bonds. The van der Waals surface area contributed by atoms with Crippen molar-refractivity contribution in [2.75, 3.05) is 25.0 Å². The van der Waals surface area contributed by atoms with E-state index in [9.17, 15) is 4.21 Å². The van der Waals surface area contributed by atoms with E-state index in [1.165, 1.54) is 16.5 Å². The third-order valence-electron chi connectivity index (χ3n) is 5.78. The first kappa shape index (κ1) is 16.4. The topological polar surface area (TPSA) is 49.3 Å². The predicted molar refractivity (Wildman–Crippen MR) is 108 cm³/mol. The van der Waals surface area contributed by atoms with Crippen molar-refractivity contribution in [3.63, 3.8) is 0 Å². The van der Waals surface area contributed by atoms with Gasteiger partial charge in [-0.2, -0.15) is 0 Å². The summed E-state index contributed by atoms with van der Waals surface area (Å²) < 4.78 is 12.9. The summed E-state index contributed by atoms with van der Waals surface area (Å²) in [6.07, 6.45) is 3.93. The van der Waals surface area contributed by atoms with Crippen LogP contribution in [0.2, 0.25) is 0 Å². The molecule has 134 valence electrons. The highest BCUT2D eigenvalue weighted by Gasteiger charge is 2.54. The van der Waals surface area contributed by atoms with Crippen LogP contribution in [0.25, 0.3) is 21.3 Å². The first-order valence-corrected chi connectivity index (χ1v) is 10.4. The molecular formula is C19H20N4OS2. The van der Waals surface area contributed by atoms with Crippen LogP contribution >= 0.6 is 11.3 Å². The maximum Gasteiger partial charge on any atom is 0.141 e. The van der Waals surface area contributed by atoms with E-state index in [-0.39, 0.29) is 11.9 Å². The number of rotatable bonds is 4. The molecular weight excluding hydrogens is 364 g/mol. The van der Waals surface area contributed by atoms with Crippen LogP contribution in [0.15, 0.2) is 42.0 Å². The standard InChI is InChI=1S/C19H20N4OS2/c1-22(26-24)14-7-19(8-14)10-23(11-19)17-16-15(13-5-3-2-4-6-13)9-25-18(16)21-12-20-17/h2-6,9,12,14,26H,7-8,10-11H2,1H3. The molecule has 1 aliphatic carbocycles. The fourth-order valence-corrected chi connectivity index (χ4v) is 5.58. The van der Waals surface area contributed by atoms with Crippen LogP contribution in [0.1, 0.15) is 12.8 Å². The summed E-state index contributed by atoms with van der Waals surface area (Å²) in [6.45, 7) is 2.06. The average molecular weight is 385 g/mol. The number of nitrogens with zero attached hydrogens (tertiary/aromatic N) is 4. The van der Waals surface area contributed by atoms with Crippen LogP contribution in [0.5, 0.6) is 0 Å². The number of benzene rings is 1. The van der Waals surface area contributed by atoms with Gasteiger partial charge in [0.25, 0.3) is 0 Å². The second kappa shape index (κ2) is 6.11. The van der Waals surface area contributed by atoms with Crippen molar-refractivity contribution < 1.29 is 4.21 Å². The molecule has 1 aliphatic heterocycles. The maximum atomic E-state index is 11.0. The van der Waals surface area contributed by atoms with Crippen molar-refractivity contribution in [1.29, 1.82) is 0 Å². The highest BCUT2D eigenvalue weighted by molar-refractivity contribution is 7.63. The molecule has 0 bridgehead atoms. The molecule has 0 N–H and O–H groups in total. The molecule has 5 nitrogen and oxygen atoms in total. The van der Waals surface area contributed by atoms with E-state index in [4.69, 9.17) is 0 Å². The van der Waals surface area contributed by atoms with Gasteiger partial charge < -0.3 is 4.90 Å². The number of thiol groups is 1.